The van der Waals surface area contributed by atoms with Crippen molar-refractivity contribution in [2.45, 2.75) is 0 Å². The van der Waals surface area contributed by atoms with Crippen molar-refractivity contribution in [1.82, 2.24) is 0 Å². The topological polar surface area (TPSA) is 30.4 Å². The predicted octanol–water partition coefficient (Wildman–Crippen LogP) is 2.37. The van der Waals surface area contributed by atoms with Crippen molar-refractivity contribution in [3.63, 3.8) is 0 Å². The average Bonchev–Trinajstić information content (AvgIpc) is 2.44. The Morgan fingerprint density at radius 2 is 1.89 bits per heavy atom. The van der Waals surface area contributed by atoms with Gasteiger partial charge < -0.3 is 4.74 Å². The molecule has 0 aliphatic rings. The molecule has 0 bridgehead atoms. The predicted molar refractivity (Wildman–Crippen MR) is 68.4 cm³/mol. The summed E-state index contributed by atoms with van der Waals surface area (Å²) >= 11 is 0. The summed E-state index contributed by atoms with van der Waals surface area (Å²) in [6.45, 7) is 0. The molecule has 0 atom stereocenters. The third-order valence-electron chi connectivity index (χ3n) is 3.03. The lowest BCUT2D eigenvalue weighted by molar-refractivity contribution is -0.514. The highest BCUT2D eigenvalue weighted by molar-refractivity contribution is 6.02. The van der Waals surface area contributed by atoms with Crippen molar-refractivity contribution >= 4 is 22.3 Å². The Morgan fingerprint density at radius 1 is 1.11 bits per heavy atom. The summed E-state index contributed by atoms with van der Waals surface area (Å²) in [5, 5.41) is 1.93. The van der Waals surface area contributed by atoms with Gasteiger partial charge in [0.1, 0.15) is 0 Å². The summed E-state index contributed by atoms with van der Waals surface area (Å²) in [7, 11) is 1.40. The van der Waals surface area contributed by atoms with Crippen LogP contribution in [0.15, 0.2) is 54.7 Å². The first-order chi connectivity index (χ1) is 8.81. The fourth-order valence-corrected chi connectivity index (χ4v) is 2.21. The largest absolute Gasteiger partial charge is 0.461 e. The van der Waals surface area contributed by atoms with E-state index in [-0.39, 0.29) is 5.97 Å². The highest BCUT2D eigenvalue weighted by Gasteiger charge is 2.23. The Bertz CT molecular complexity index is 696. The second-order valence-electron chi connectivity index (χ2n) is 4.07. The fraction of sp³-hybridized carbons (Fsp3) is 0.0667. The van der Waals surface area contributed by atoms with Crippen molar-refractivity contribution in [2.24, 2.45) is 0 Å². The second kappa shape index (κ2) is 4.11. The molecule has 0 saturated carbocycles. The average molecular weight is 238 g/mol. The molecular formula is C15H12NO2+. The summed E-state index contributed by atoms with van der Waals surface area (Å²) in [4.78, 5) is 12.0. The Hall–Kier alpha value is -2.42. The van der Waals surface area contributed by atoms with Crippen molar-refractivity contribution in [1.29, 1.82) is 0 Å². The molecular weight excluding hydrogens is 226 g/mol. The normalized spacial score (nSPS) is 10.7. The molecule has 3 nitrogen and oxygen atoms in total. The molecule has 0 aliphatic heterocycles. The first-order valence-electron chi connectivity index (χ1n) is 5.72. The molecule has 0 saturated heterocycles. The van der Waals surface area contributed by atoms with Gasteiger partial charge in [-0.2, -0.15) is 4.40 Å². The molecule has 3 heteroatoms. The minimum atomic E-state index is -0.326. The number of hydrogen-bond donors (Lipinski definition) is 0. The molecule has 18 heavy (non-hydrogen) atoms. The number of aromatic nitrogens is 1. The third-order valence-corrected chi connectivity index (χ3v) is 3.03. The standard InChI is InChI=1S/C15H12NO2/c1-18-15(17)14-13-8-3-2-6-11(13)10-12-7-4-5-9-16(12)14/h2-10H,1H3/q+1. The van der Waals surface area contributed by atoms with Crippen LogP contribution in [0.3, 0.4) is 0 Å². The van der Waals surface area contributed by atoms with Crippen LogP contribution < -0.4 is 4.40 Å². The van der Waals surface area contributed by atoms with Gasteiger partial charge in [-0.1, -0.05) is 18.2 Å². The van der Waals surface area contributed by atoms with E-state index < -0.39 is 0 Å². The SMILES string of the molecule is COC(=O)c1c2ccccc2cc2cccc[n+]12. The Balaban J connectivity index is 2.53. The summed E-state index contributed by atoms with van der Waals surface area (Å²) < 4.78 is 6.75. The molecule has 88 valence electrons. The highest BCUT2D eigenvalue weighted by atomic mass is 16.5. The molecule has 0 radical (unpaired) electrons. The maximum absolute atomic E-state index is 12.0. The van der Waals surface area contributed by atoms with Crippen LogP contribution in [0, 0.1) is 0 Å². The first-order valence-corrected chi connectivity index (χ1v) is 5.72. The zero-order valence-electron chi connectivity index (χ0n) is 9.96. The molecule has 0 N–H and O–H groups in total. The Labute approximate surface area is 104 Å². The molecule has 0 fully saturated rings. The lowest BCUT2D eigenvalue weighted by Crippen LogP contribution is -2.31. The van der Waals surface area contributed by atoms with E-state index in [9.17, 15) is 4.79 Å². The van der Waals surface area contributed by atoms with Gasteiger partial charge in [-0.15, -0.1) is 0 Å². The number of fused-ring (bicyclic) bond motifs is 2. The van der Waals surface area contributed by atoms with E-state index in [1.165, 1.54) is 7.11 Å². The summed E-state index contributed by atoms with van der Waals surface area (Å²) in [6.07, 6.45) is 1.87. The minimum absolute atomic E-state index is 0.326. The number of pyridine rings is 2. The maximum Gasteiger partial charge on any atom is 0.404 e. The molecule has 2 heterocycles. The monoisotopic (exact) mass is 238 g/mol. The quantitative estimate of drug-likeness (QED) is 0.370. The smallest absolute Gasteiger partial charge is 0.404 e. The highest BCUT2D eigenvalue weighted by Crippen LogP contribution is 2.18. The van der Waals surface area contributed by atoms with E-state index in [0.717, 1.165) is 16.3 Å². The van der Waals surface area contributed by atoms with Gasteiger partial charge >= 0.3 is 11.7 Å². The molecule has 0 amide bonds. The molecule has 0 aliphatic carbocycles. The zero-order chi connectivity index (χ0) is 12.5. The van der Waals surface area contributed by atoms with Crippen LogP contribution in [0.2, 0.25) is 0 Å². The Morgan fingerprint density at radius 3 is 2.72 bits per heavy atom. The maximum atomic E-state index is 12.0. The van der Waals surface area contributed by atoms with Crippen molar-refractivity contribution in [2.75, 3.05) is 7.11 Å². The minimum Gasteiger partial charge on any atom is -0.461 e. The van der Waals surface area contributed by atoms with Crippen molar-refractivity contribution in [3.8, 4) is 0 Å². The number of benzene rings is 1. The van der Waals surface area contributed by atoms with E-state index >= 15 is 0 Å². The third kappa shape index (κ3) is 1.52. The second-order valence-corrected chi connectivity index (χ2v) is 4.07. The molecule has 3 aromatic rings. The fourth-order valence-electron chi connectivity index (χ4n) is 2.21. The van der Waals surface area contributed by atoms with Crippen LogP contribution in [0.25, 0.3) is 16.3 Å². The van der Waals surface area contributed by atoms with E-state index in [4.69, 9.17) is 4.74 Å². The van der Waals surface area contributed by atoms with E-state index in [2.05, 4.69) is 6.07 Å². The van der Waals surface area contributed by atoms with Gasteiger partial charge in [-0.3, -0.25) is 0 Å². The number of nitrogens with zero attached hydrogens (tertiary/aromatic N) is 1. The van der Waals surface area contributed by atoms with Crippen LogP contribution in [0.4, 0.5) is 0 Å². The number of carbonyl (C=O) groups is 1. The first kappa shape index (κ1) is 10.7. The van der Waals surface area contributed by atoms with Gasteiger partial charge in [0.2, 0.25) is 5.52 Å². The lowest BCUT2D eigenvalue weighted by atomic mass is 10.1. The van der Waals surface area contributed by atoms with Crippen LogP contribution >= 0.6 is 0 Å². The van der Waals surface area contributed by atoms with Crippen LogP contribution in [0.5, 0.6) is 0 Å². The van der Waals surface area contributed by atoms with Crippen LogP contribution in [-0.2, 0) is 4.74 Å². The van der Waals surface area contributed by atoms with E-state index in [1.807, 2.05) is 53.1 Å². The number of ether oxygens (including phenoxy) is 1. The zero-order valence-corrected chi connectivity index (χ0v) is 9.96. The van der Waals surface area contributed by atoms with Gasteiger partial charge in [0.15, 0.2) is 6.20 Å². The summed E-state index contributed by atoms with van der Waals surface area (Å²) in [5.74, 6) is -0.326. The van der Waals surface area contributed by atoms with Crippen LogP contribution in [-0.4, -0.2) is 13.1 Å². The van der Waals surface area contributed by atoms with Crippen molar-refractivity contribution < 1.29 is 13.9 Å². The number of rotatable bonds is 1. The number of esters is 1. The molecule has 0 unspecified atom stereocenters. The lowest BCUT2D eigenvalue weighted by Gasteiger charge is -2.03. The van der Waals surface area contributed by atoms with Gasteiger partial charge in [-0.25, -0.2) is 4.79 Å². The number of methoxy groups -OCH3 is 1. The van der Waals surface area contributed by atoms with Gasteiger partial charge in [-0.05, 0) is 17.5 Å². The molecule has 2 aromatic heterocycles. The summed E-state index contributed by atoms with van der Waals surface area (Å²) in [5.41, 5.74) is 1.53. The Kier molecular flexibility index (Phi) is 2.45. The van der Waals surface area contributed by atoms with E-state index in [0.29, 0.717) is 5.69 Å². The van der Waals surface area contributed by atoms with Gasteiger partial charge in [0.05, 0.1) is 12.5 Å². The summed E-state index contributed by atoms with van der Waals surface area (Å²) in [6, 6.07) is 15.7. The van der Waals surface area contributed by atoms with Crippen LogP contribution in [0.1, 0.15) is 10.5 Å². The van der Waals surface area contributed by atoms with Gasteiger partial charge in [0, 0.05) is 18.2 Å². The molecule has 3 rings (SSSR count). The van der Waals surface area contributed by atoms with Crippen molar-refractivity contribution in [3.05, 3.63) is 60.4 Å². The molecule has 0 spiro atoms. The van der Waals surface area contributed by atoms with Gasteiger partial charge in [0.25, 0.3) is 0 Å². The number of hydrogen-bond acceptors (Lipinski definition) is 2. The molecule has 1 aromatic carbocycles. The number of carbonyl (C=O) groups excluding carboxylic acids is 1. The van der Waals surface area contributed by atoms with E-state index in [1.54, 1.807) is 0 Å².